The zero-order valence-corrected chi connectivity index (χ0v) is 19.0. The molecule has 0 bridgehead atoms. The molecule has 7 heteroatoms. The first-order valence-corrected chi connectivity index (χ1v) is 12.2. The van der Waals surface area contributed by atoms with E-state index in [2.05, 4.69) is 22.9 Å². The zero-order chi connectivity index (χ0) is 21.5. The Bertz CT molecular complexity index is 1280. The average Bonchev–Trinajstić information content (AvgIpc) is 3.17. The molecule has 0 amide bonds. The highest BCUT2D eigenvalue weighted by Gasteiger charge is 2.25. The Labute approximate surface area is 191 Å². The molecular formula is C25H26N4O2S. The predicted molar refractivity (Wildman–Crippen MR) is 127 cm³/mol. The van der Waals surface area contributed by atoms with E-state index in [4.69, 9.17) is 19.4 Å². The van der Waals surface area contributed by atoms with Gasteiger partial charge < -0.3 is 9.47 Å². The molecule has 1 fully saturated rings. The summed E-state index contributed by atoms with van der Waals surface area (Å²) < 4.78 is 12.0. The maximum absolute atomic E-state index is 6.47. The van der Waals surface area contributed by atoms with Gasteiger partial charge in [0.2, 0.25) is 5.88 Å². The highest BCUT2D eigenvalue weighted by Crippen LogP contribution is 2.42. The van der Waals surface area contributed by atoms with Crippen molar-refractivity contribution in [3.63, 3.8) is 0 Å². The molecule has 6 rings (SSSR count). The maximum atomic E-state index is 6.47. The number of morpholine rings is 1. The first kappa shape index (κ1) is 20.0. The highest BCUT2D eigenvalue weighted by atomic mass is 32.1. The predicted octanol–water partition coefficient (Wildman–Crippen LogP) is 4.99. The standard InChI is InChI=1S/C25H26N4O2S/c1-16-2-5-20-21(12-16)32-25-23(20)24(27-22(28-25)15-29-8-10-30-11-9-29)31-19-4-3-17-6-7-26-14-18(17)13-19/h3-4,6-7,13-14,16H,2,5,8-12,15H2,1H3. The minimum Gasteiger partial charge on any atom is -0.438 e. The maximum Gasteiger partial charge on any atom is 0.231 e. The van der Waals surface area contributed by atoms with Gasteiger partial charge in [0.25, 0.3) is 0 Å². The van der Waals surface area contributed by atoms with Crippen molar-refractivity contribution in [2.45, 2.75) is 32.7 Å². The van der Waals surface area contributed by atoms with Crippen LogP contribution in [0.3, 0.4) is 0 Å². The summed E-state index contributed by atoms with van der Waals surface area (Å²) in [6, 6.07) is 8.14. The number of nitrogens with zero attached hydrogens (tertiary/aromatic N) is 4. The van der Waals surface area contributed by atoms with Crippen LogP contribution in [0.4, 0.5) is 0 Å². The van der Waals surface area contributed by atoms with Crippen LogP contribution in [-0.4, -0.2) is 46.2 Å². The number of aromatic nitrogens is 3. The SMILES string of the molecule is CC1CCc2c(sc3nc(CN4CCOCC4)nc(Oc4ccc5ccncc5c4)c23)C1. The summed E-state index contributed by atoms with van der Waals surface area (Å²) in [5.74, 6) is 3.01. The van der Waals surface area contributed by atoms with Crippen molar-refractivity contribution in [1.29, 1.82) is 0 Å². The van der Waals surface area contributed by atoms with Gasteiger partial charge in [-0.05, 0) is 54.3 Å². The van der Waals surface area contributed by atoms with Crippen molar-refractivity contribution < 1.29 is 9.47 Å². The van der Waals surface area contributed by atoms with Gasteiger partial charge >= 0.3 is 0 Å². The molecule has 1 saturated heterocycles. The van der Waals surface area contributed by atoms with E-state index in [1.807, 2.05) is 41.9 Å². The normalized spacial score (nSPS) is 19.3. The Morgan fingerprint density at radius 2 is 2.06 bits per heavy atom. The van der Waals surface area contributed by atoms with Gasteiger partial charge in [0.05, 0.1) is 25.1 Å². The van der Waals surface area contributed by atoms with E-state index in [9.17, 15) is 0 Å². The van der Waals surface area contributed by atoms with Crippen LogP contribution in [0.1, 0.15) is 29.6 Å². The third kappa shape index (κ3) is 3.85. The Kier molecular flexibility index (Phi) is 5.25. The lowest BCUT2D eigenvalue weighted by atomic mass is 9.89. The van der Waals surface area contributed by atoms with Crippen LogP contribution < -0.4 is 4.74 Å². The topological polar surface area (TPSA) is 60.4 Å². The van der Waals surface area contributed by atoms with Crippen LogP contribution in [0.2, 0.25) is 0 Å². The number of aryl methyl sites for hydroxylation is 1. The van der Waals surface area contributed by atoms with Gasteiger partial charge in [-0.15, -0.1) is 11.3 Å². The fourth-order valence-electron chi connectivity index (χ4n) is 4.69. The van der Waals surface area contributed by atoms with E-state index in [1.165, 1.54) is 16.9 Å². The van der Waals surface area contributed by atoms with E-state index >= 15 is 0 Å². The molecule has 2 aliphatic rings. The van der Waals surface area contributed by atoms with Crippen LogP contribution in [0.15, 0.2) is 36.7 Å². The number of thiophene rings is 1. The van der Waals surface area contributed by atoms with Gasteiger partial charge in [-0.25, -0.2) is 4.98 Å². The number of pyridine rings is 1. The van der Waals surface area contributed by atoms with Crippen molar-refractivity contribution in [2.24, 2.45) is 5.92 Å². The summed E-state index contributed by atoms with van der Waals surface area (Å²) in [5, 5.41) is 3.31. The van der Waals surface area contributed by atoms with Crippen LogP contribution in [-0.2, 0) is 24.1 Å². The number of fused-ring (bicyclic) bond motifs is 4. The summed E-state index contributed by atoms with van der Waals surface area (Å²) in [6.07, 6.45) is 7.08. The van der Waals surface area contributed by atoms with Crippen LogP contribution >= 0.6 is 11.3 Å². The Morgan fingerprint density at radius 3 is 2.97 bits per heavy atom. The van der Waals surface area contributed by atoms with E-state index in [-0.39, 0.29) is 0 Å². The average molecular weight is 447 g/mol. The molecule has 4 heterocycles. The summed E-state index contributed by atoms with van der Waals surface area (Å²) in [5.41, 5.74) is 1.39. The molecule has 1 atom stereocenters. The Hall–Kier alpha value is -2.61. The second kappa shape index (κ2) is 8.39. The molecule has 1 aliphatic carbocycles. The summed E-state index contributed by atoms with van der Waals surface area (Å²) in [7, 11) is 0. The minimum absolute atomic E-state index is 0.688. The van der Waals surface area contributed by atoms with E-state index in [0.29, 0.717) is 11.8 Å². The van der Waals surface area contributed by atoms with Gasteiger partial charge in [-0.1, -0.05) is 13.0 Å². The number of benzene rings is 1. The van der Waals surface area contributed by atoms with Gasteiger partial charge in [-0.3, -0.25) is 9.88 Å². The van der Waals surface area contributed by atoms with Gasteiger partial charge in [-0.2, -0.15) is 4.98 Å². The quantitative estimate of drug-likeness (QED) is 0.440. The third-order valence-corrected chi connectivity index (χ3v) is 7.61. The number of rotatable bonds is 4. The van der Waals surface area contributed by atoms with Crippen LogP contribution in [0.25, 0.3) is 21.0 Å². The number of hydrogen-bond donors (Lipinski definition) is 0. The van der Waals surface area contributed by atoms with Gasteiger partial charge in [0.1, 0.15) is 16.4 Å². The first-order valence-electron chi connectivity index (χ1n) is 11.4. The van der Waals surface area contributed by atoms with Crippen molar-refractivity contribution in [1.82, 2.24) is 19.9 Å². The lowest BCUT2D eigenvalue weighted by molar-refractivity contribution is 0.0330. The van der Waals surface area contributed by atoms with Gasteiger partial charge in [0.15, 0.2) is 0 Å². The molecule has 1 aliphatic heterocycles. The minimum atomic E-state index is 0.688. The summed E-state index contributed by atoms with van der Waals surface area (Å²) in [4.78, 5) is 19.0. The fourth-order valence-corrected chi connectivity index (χ4v) is 6.09. The molecule has 4 aromatic rings. The monoisotopic (exact) mass is 446 g/mol. The molecule has 0 spiro atoms. The number of hydrogen-bond acceptors (Lipinski definition) is 7. The Balaban J connectivity index is 1.42. The molecule has 0 saturated carbocycles. The molecule has 32 heavy (non-hydrogen) atoms. The number of ether oxygens (including phenoxy) is 2. The molecule has 0 radical (unpaired) electrons. The van der Waals surface area contributed by atoms with E-state index in [1.54, 1.807) is 0 Å². The van der Waals surface area contributed by atoms with E-state index in [0.717, 1.165) is 78.3 Å². The largest absolute Gasteiger partial charge is 0.438 e. The highest BCUT2D eigenvalue weighted by molar-refractivity contribution is 7.18. The third-order valence-electron chi connectivity index (χ3n) is 6.46. The Morgan fingerprint density at radius 1 is 1.16 bits per heavy atom. The fraction of sp³-hybridized carbons (Fsp3) is 0.400. The molecule has 0 N–H and O–H groups in total. The molecule has 1 aromatic carbocycles. The smallest absolute Gasteiger partial charge is 0.231 e. The second-order valence-electron chi connectivity index (χ2n) is 8.85. The zero-order valence-electron chi connectivity index (χ0n) is 18.2. The van der Waals surface area contributed by atoms with Crippen molar-refractivity contribution in [2.75, 3.05) is 26.3 Å². The molecule has 3 aromatic heterocycles. The van der Waals surface area contributed by atoms with Crippen LogP contribution in [0.5, 0.6) is 11.6 Å². The molecule has 6 nitrogen and oxygen atoms in total. The van der Waals surface area contributed by atoms with Crippen molar-refractivity contribution in [3.05, 3.63) is 52.9 Å². The van der Waals surface area contributed by atoms with E-state index < -0.39 is 0 Å². The molecule has 1 unspecified atom stereocenters. The lowest BCUT2D eigenvalue weighted by Gasteiger charge is -2.25. The molecular weight excluding hydrogens is 420 g/mol. The molecule has 164 valence electrons. The van der Waals surface area contributed by atoms with Gasteiger partial charge in [0, 0.05) is 35.7 Å². The first-order chi connectivity index (χ1) is 15.7. The van der Waals surface area contributed by atoms with Crippen molar-refractivity contribution >= 4 is 32.3 Å². The lowest BCUT2D eigenvalue weighted by Crippen LogP contribution is -2.36. The van der Waals surface area contributed by atoms with Crippen molar-refractivity contribution in [3.8, 4) is 11.6 Å². The second-order valence-corrected chi connectivity index (χ2v) is 9.94. The van der Waals surface area contributed by atoms with Crippen LogP contribution in [0, 0.1) is 5.92 Å². The summed E-state index contributed by atoms with van der Waals surface area (Å²) >= 11 is 1.82. The summed E-state index contributed by atoms with van der Waals surface area (Å²) in [6.45, 7) is 6.41.